The van der Waals surface area contributed by atoms with Crippen LogP contribution in [0, 0.1) is 12.8 Å². The maximum atomic E-state index is 12.1. The second-order valence-corrected chi connectivity index (χ2v) is 6.15. The topological polar surface area (TPSA) is 80.5 Å². The molecule has 1 saturated heterocycles. The molecule has 1 N–H and O–H groups in total. The summed E-state index contributed by atoms with van der Waals surface area (Å²) in [5.74, 6) is 1.32. The highest BCUT2D eigenvalue weighted by Gasteiger charge is 2.20. The number of nitrogens with zero attached hydrogens (tertiary/aromatic N) is 3. The van der Waals surface area contributed by atoms with Gasteiger partial charge in [0.05, 0.1) is 13.2 Å². The highest BCUT2D eigenvalue weighted by atomic mass is 16.5. The standard InChI is InChI=1S/C17H22N4O3/c1-12-3-5-14(6-4-12)16-19-15(24-20-16)9-18-17(22)21(2)10-13-7-8-23-11-13/h3-6,13H,7-11H2,1-2H3,(H,18,22)/t13-/m1/s1. The average molecular weight is 330 g/mol. The van der Waals surface area contributed by atoms with Gasteiger partial charge >= 0.3 is 6.03 Å². The van der Waals surface area contributed by atoms with Crippen molar-refractivity contribution in [3.8, 4) is 11.4 Å². The van der Waals surface area contributed by atoms with Crippen LogP contribution in [0.5, 0.6) is 0 Å². The van der Waals surface area contributed by atoms with Gasteiger partial charge in [-0.15, -0.1) is 0 Å². The van der Waals surface area contributed by atoms with Gasteiger partial charge in [-0.2, -0.15) is 4.98 Å². The van der Waals surface area contributed by atoms with E-state index in [2.05, 4.69) is 15.5 Å². The highest BCUT2D eigenvalue weighted by Crippen LogP contribution is 2.16. The summed E-state index contributed by atoms with van der Waals surface area (Å²) in [5, 5.41) is 6.75. The molecule has 0 aliphatic carbocycles. The van der Waals surface area contributed by atoms with Crippen LogP contribution in [-0.2, 0) is 11.3 Å². The number of benzene rings is 1. The average Bonchev–Trinajstić information content (AvgIpc) is 3.25. The van der Waals surface area contributed by atoms with E-state index in [1.165, 1.54) is 5.56 Å². The van der Waals surface area contributed by atoms with E-state index >= 15 is 0 Å². The molecule has 1 aliphatic heterocycles. The van der Waals surface area contributed by atoms with Crippen LogP contribution in [0.1, 0.15) is 17.9 Å². The lowest BCUT2D eigenvalue weighted by molar-refractivity contribution is 0.171. The van der Waals surface area contributed by atoms with Crippen molar-refractivity contribution in [2.75, 3.05) is 26.8 Å². The summed E-state index contributed by atoms with van der Waals surface area (Å²) in [6, 6.07) is 7.72. The molecule has 3 rings (SSSR count). The van der Waals surface area contributed by atoms with Gasteiger partial charge in [-0.25, -0.2) is 4.79 Å². The normalized spacial score (nSPS) is 17.0. The number of hydrogen-bond donors (Lipinski definition) is 1. The van der Waals surface area contributed by atoms with E-state index < -0.39 is 0 Å². The third-order valence-corrected chi connectivity index (χ3v) is 4.07. The van der Waals surface area contributed by atoms with E-state index in [4.69, 9.17) is 9.26 Å². The Morgan fingerprint density at radius 2 is 2.17 bits per heavy atom. The first kappa shape index (κ1) is 16.4. The molecule has 24 heavy (non-hydrogen) atoms. The fourth-order valence-corrected chi connectivity index (χ4v) is 2.63. The number of aromatic nitrogens is 2. The van der Waals surface area contributed by atoms with Crippen LogP contribution in [0.3, 0.4) is 0 Å². The molecule has 1 aromatic carbocycles. The number of amides is 2. The molecule has 0 spiro atoms. The lowest BCUT2D eigenvalue weighted by Crippen LogP contribution is -2.39. The molecule has 2 aromatic rings. The SMILES string of the molecule is Cc1ccc(-c2noc(CNC(=O)N(C)C[C@H]3CCOC3)n2)cc1. The molecule has 1 fully saturated rings. The third kappa shape index (κ3) is 4.11. The number of carbonyl (C=O) groups is 1. The summed E-state index contributed by atoms with van der Waals surface area (Å²) in [4.78, 5) is 18.1. The van der Waals surface area contributed by atoms with Gasteiger partial charge in [0.2, 0.25) is 11.7 Å². The van der Waals surface area contributed by atoms with Gasteiger partial charge in [-0.1, -0.05) is 35.0 Å². The maximum absolute atomic E-state index is 12.1. The number of nitrogens with one attached hydrogen (secondary N) is 1. The van der Waals surface area contributed by atoms with Crippen molar-refractivity contribution in [1.29, 1.82) is 0 Å². The molecule has 2 heterocycles. The zero-order valence-corrected chi connectivity index (χ0v) is 14.0. The van der Waals surface area contributed by atoms with Crippen LogP contribution in [0.15, 0.2) is 28.8 Å². The predicted octanol–water partition coefficient (Wildman–Crippen LogP) is 2.22. The number of urea groups is 1. The Hall–Kier alpha value is -2.41. The first-order valence-electron chi connectivity index (χ1n) is 8.08. The Labute approximate surface area is 141 Å². The minimum Gasteiger partial charge on any atom is -0.381 e. The van der Waals surface area contributed by atoms with Gasteiger partial charge in [-0.05, 0) is 13.3 Å². The van der Waals surface area contributed by atoms with E-state index in [1.54, 1.807) is 11.9 Å². The lowest BCUT2D eigenvalue weighted by Gasteiger charge is -2.20. The van der Waals surface area contributed by atoms with Crippen molar-refractivity contribution in [2.24, 2.45) is 5.92 Å². The minimum absolute atomic E-state index is 0.156. The summed E-state index contributed by atoms with van der Waals surface area (Å²) in [7, 11) is 1.78. The number of carbonyl (C=O) groups excluding carboxylic acids is 1. The monoisotopic (exact) mass is 330 g/mol. The fourth-order valence-electron chi connectivity index (χ4n) is 2.63. The van der Waals surface area contributed by atoms with Crippen LogP contribution in [0.4, 0.5) is 4.79 Å². The Kier molecular flexibility index (Phi) is 5.10. The van der Waals surface area contributed by atoms with E-state index in [-0.39, 0.29) is 12.6 Å². The molecular weight excluding hydrogens is 308 g/mol. The second-order valence-electron chi connectivity index (χ2n) is 6.15. The van der Waals surface area contributed by atoms with Crippen molar-refractivity contribution in [1.82, 2.24) is 20.4 Å². The van der Waals surface area contributed by atoms with Crippen molar-refractivity contribution in [3.63, 3.8) is 0 Å². The highest BCUT2D eigenvalue weighted by molar-refractivity contribution is 5.73. The van der Waals surface area contributed by atoms with Gasteiger partial charge in [0.15, 0.2) is 0 Å². The van der Waals surface area contributed by atoms with Crippen molar-refractivity contribution in [3.05, 3.63) is 35.7 Å². The van der Waals surface area contributed by atoms with E-state index in [0.29, 0.717) is 24.2 Å². The van der Waals surface area contributed by atoms with Gasteiger partial charge in [-0.3, -0.25) is 0 Å². The lowest BCUT2D eigenvalue weighted by atomic mass is 10.1. The summed E-state index contributed by atoms with van der Waals surface area (Å²) < 4.78 is 10.5. The molecule has 128 valence electrons. The molecule has 0 saturated carbocycles. The van der Waals surface area contributed by atoms with Crippen LogP contribution in [0.25, 0.3) is 11.4 Å². The van der Waals surface area contributed by atoms with Crippen LogP contribution in [-0.4, -0.2) is 47.9 Å². The minimum atomic E-state index is -0.156. The van der Waals surface area contributed by atoms with Crippen LogP contribution < -0.4 is 5.32 Å². The summed E-state index contributed by atoms with van der Waals surface area (Å²) in [6.07, 6.45) is 1.00. The van der Waals surface area contributed by atoms with E-state index in [1.807, 2.05) is 31.2 Å². The number of hydrogen-bond acceptors (Lipinski definition) is 5. The van der Waals surface area contributed by atoms with Crippen LogP contribution in [0.2, 0.25) is 0 Å². The Bertz CT molecular complexity index is 677. The third-order valence-electron chi connectivity index (χ3n) is 4.07. The van der Waals surface area contributed by atoms with Gasteiger partial charge in [0.1, 0.15) is 0 Å². The molecule has 0 unspecified atom stereocenters. The smallest absolute Gasteiger partial charge is 0.317 e. The number of rotatable bonds is 5. The zero-order chi connectivity index (χ0) is 16.9. The Morgan fingerprint density at radius 3 is 2.88 bits per heavy atom. The zero-order valence-electron chi connectivity index (χ0n) is 14.0. The van der Waals surface area contributed by atoms with Crippen molar-refractivity contribution >= 4 is 6.03 Å². The number of aryl methyl sites for hydroxylation is 1. The molecule has 1 aromatic heterocycles. The van der Waals surface area contributed by atoms with Crippen molar-refractivity contribution in [2.45, 2.75) is 19.9 Å². The molecule has 0 bridgehead atoms. The van der Waals surface area contributed by atoms with Gasteiger partial charge in [0, 0.05) is 31.7 Å². The number of ether oxygens (including phenoxy) is 1. The fraction of sp³-hybridized carbons (Fsp3) is 0.471. The first-order valence-corrected chi connectivity index (χ1v) is 8.08. The molecule has 7 heteroatoms. The quantitative estimate of drug-likeness (QED) is 0.909. The largest absolute Gasteiger partial charge is 0.381 e. The summed E-state index contributed by atoms with van der Waals surface area (Å²) in [6.45, 7) is 4.42. The summed E-state index contributed by atoms with van der Waals surface area (Å²) >= 11 is 0. The van der Waals surface area contributed by atoms with Crippen molar-refractivity contribution < 1.29 is 14.1 Å². The van der Waals surface area contributed by atoms with Gasteiger partial charge < -0.3 is 19.5 Å². The predicted molar refractivity (Wildman–Crippen MR) is 88.3 cm³/mol. The van der Waals surface area contributed by atoms with E-state index in [0.717, 1.165) is 25.2 Å². The van der Waals surface area contributed by atoms with Gasteiger partial charge in [0.25, 0.3) is 0 Å². The Morgan fingerprint density at radius 1 is 1.38 bits per heavy atom. The molecule has 1 aliphatic rings. The maximum Gasteiger partial charge on any atom is 0.317 e. The van der Waals surface area contributed by atoms with Crippen LogP contribution >= 0.6 is 0 Å². The molecule has 7 nitrogen and oxygen atoms in total. The first-order chi connectivity index (χ1) is 11.6. The summed E-state index contributed by atoms with van der Waals surface area (Å²) in [5.41, 5.74) is 2.06. The second kappa shape index (κ2) is 7.44. The molecule has 2 amide bonds. The molecular formula is C17H22N4O3. The Balaban J connectivity index is 1.51. The van der Waals surface area contributed by atoms with E-state index in [9.17, 15) is 4.79 Å². The molecule has 1 atom stereocenters. The molecule has 0 radical (unpaired) electrons.